The molecule has 0 radical (unpaired) electrons. The fourth-order valence-electron chi connectivity index (χ4n) is 3.18. The molecular formula is C22H31NO4. The summed E-state index contributed by atoms with van der Waals surface area (Å²) >= 11 is 0. The summed E-state index contributed by atoms with van der Waals surface area (Å²) < 4.78 is 11.9. The normalized spacial score (nSPS) is 10.9. The molecule has 2 aromatic rings. The molecule has 5 heteroatoms. The van der Waals surface area contributed by atoms with Crippen molar-refractivity contribution >= 4 is 23.0 Å². The summed E-state index contributed by atoms with van der Waals surface area (Å²) in [4.78, 5) is 24.4. The van der Waals surface area contributed by atoms with Gasteiger partial charge in [0.2, 0.25) is 0 Å². The minimum Gasteiger partial charge on any atom is -0.462 e. The zero-order valence-corrected chi connectivity index (χ0v) is 16.5. The van der Waals surface area contributed by atoms with Gasteiger partial charge in [-0.1, -0.05) is 57.9 Å². The maximum atomic E-state index is 12.4. The first-order valence-corrected chi connectivity index (χ1v) is 10.1. The number of benzene rings is 1. The van der Waals surface area contributed by atoms with Crippen LogP contribution in [0.3, 0.4) is 0 Å². The third-order valence-corrected chi connectivity index (χ3v) is 4.65. The van der Waals surface area contributed by atoms with Crippen molar-refractivity contribution in [1.82, 2.24) is 4.57 Å². The molecule has 0 aliphatic heterocycles. The molecule has 1 heterocycles. The second kappa shape index (κ2) is 11.4. The minimum atomic E-state index is -0.447. The topological polar surface area (TPSA) is 57.5 Å². The van der Waals surface area contributed by atoms with E-state index in [9.17, 15) is 9.59 Å². The highest BCUT2D eigenvalue weighted by molar-refractivity contribution is 6.05. The molecule has 0 atom stereocenters. The molecule has 0 saturated carbocycles. The first kappa shape index (κ1) is 21.0. The van der Waals surface area contributed by atoms with Gasteiger partial charge in [-0.2, -0.15) is 0 Å². The van der Waals surface area contributed by atoms with E-state index >= 15 is 0 Å². The van der Waals surface area contributed by atoms with E-state index in [0.29, 0.717) is 29.7 Å². The molecule has 0 bridgehead atoms. The maximum absolute atomic E-state index is 12.4. The number of carbonyl (C=O) groups excluding carboxylic acids is 2. The number of carbonyl (C=O) groups is 2. The molecule has 0 aliphatic rings. The van der Waals surface area contributed by atoms with Gasteiger partial charge in [0.15, 0.2) is 0 Å². The summed E-state index contributed by atoms with van der Waals surface area (Å²) in [6.07, 6.45) is 10.8. The Balaban J connectivity index is 1.83. The van der Waals surface area contributed by atoms with Crippen LogP contribution in [0, 0.1) is 0 Å². The number of hydrogen-bond donors (Lipinski definition) is 0. The van der Waals surface area contributed by atoms with Crippen molar-refractivity contribution in [2.24, 2.45) is 0 Å². The molecule has 2 rings (SSSR count). The number of rotatable bonds is 11. The Labute approximate surface area is 161 Å². The number of aromatic nitrogens is 1. The summed E-state index contributed by atoms with van der Waals surface area (Å²) in [6.45, 7) is 4.72. The van der Waals surface area contributed by atoms with Gasteiger partial charge in [-0.25, -0.2) is 9.59 Å². The number of ether oxygens (including phenoxy) is 2. The van der Waals surface area contributed by atoms with E-state index < -0.39 is 6.09 Å². The van der Waals surface area contributed by atoms with Crippen LogP contribution in [0.25, 0.3) is 10.9 Å². The quantitative estimate of drug-likeness (QED) is 0.361. The molecule has 27 heavy (non-hydrogen) atoms. The molecule has 1 aromatic heterocycles. The lowest BCUT2D eigenvalue weighted by Gasteiger charge is -2.07. The van der Waals surface area contributed by atoms with Gasteiger partial charge in [-0.15, -0.1) is 0 Å². The average Bonchev–Trinajstić information content (AvgIpc) is 3.11. The number of nitrogens with zero attached hydrogens (tertiary/aromatic N) is 1. The van der Waals surface area contributed by atoms with E-state index in [-0.39, 0.29) is 5.97 Å². The van der Waals surface area contributed by atoms with Crippen molar-refractivity contribution in [3.8, 4) is 0 Å². The molecule has 5 nitrogen and oxygen atoms in total. The first-order chi connectivity index (χ1) is 13.2. The molecular weight excluding hydrogens is 342 g/mol. The molecule has 0 N–H and O–H groups in total. The molecule has 0 fully saturated rings. The number of unbranched alkanes of at least 4 members (excludes halogenated alkanes) is 7. The van der Waals surface area contributed by atoms with Crippen LogP contribution in [-0.2, 0) is 9.47 Å². The predicted molar refractivity (Wildman–Crippen MR) is 107 cm³/mol. The molecule has 0 spiro atoms. The van der Waals surface area contributed by atoms with Gasteiger partial charge >= 0.3 is 12.1 Å². The van der Waals surface area contributed by atoms with E-state index in [1.165, 1.54) is 43.1 Å². The van der Waals surface area contributed by atoms with Crippen LogP contribution >= 0.6 is 0 Å². The van der Waals surface area contributed by atoms with Crippen LogP contribution in [0.4, 0.5) is 4.79 Å². The lowest BCUT2D eigenvalue weighted by Crippen LogP contribution is -2.12. The van der Waals surface area contributed by atoms with Crippen LogP contribution < -0.4 is 0 Å². The third-order valence-electron chi connectivity index (χ3n) is 4.65. The number of esters is 1. The Morgan fingerprint density at radius 3 is 2.30 bits per heavy atom. The Kier molecular flexibility index (Phi) is 8.89. The zero-order chi connectivity index (χ0) is 19.5. The maximum Gasteiger partial charge on any atom is 0.418 e. The van der Waals surface area contributed by atoms with Gasteiger partial charge in [-0.05, 0) is 31.5 Å². The van der Waals surface area contributed by atoms with Gasteiger partial charge in [0.25, 0.3) is 0 Å². The standard InChI is InChI=1S/C22H31NO4/c1-3-5-6-7-8-9-10-11-17-27-21(24)19-13-12-14-20-18(19)15-16-23(20)22(25)26-4-2/h12-16H,3-11,17H2,1-2H3. The van der Waals surface area contributed by atoms with Gasteiger partial charge in [0, 0.05) is 11.6 Å². The van der Waals surface area contributed by atoms with Crippen molar-refractivity contribution < 1.29 is 19.1 Å². The monoisotopic (exact) mass is 373 g/mol. The second-order valence-electron chi connectivity index (χ2n) is 6.73. The van der Waals surface area contributed by atoms with Crippen molar-refractivity contribution in [3.05, 3.63) is 36.0 Å². The van der Waals surface area contributed by atoms with Crippen molar-refractivity contribution in [2.75, 3.05) is 13.2 Å². The Morgan fingerprint density at radius 2 is 1.59 bits per heavy atom. The SMILES string of the molecule is CCCCCCCCCCOC(=O)c1cccc2c1ccn2C(=O)OCC. The predicted octanol–water partition coefficient (Wildman–Crippen LogP) is 5.94. The van der Waals surface area contributed by atoms with E-state index in [1.807, 2.05) is 0 Å². The first-order valence-electron chi connectivity index (χ1n) is 10.1. The van der Waals surface area contributed by atoms with E-state index in [0.717, 1.165) is 12.8 Å². The van der Waals surface area contributed by atoms with Crippen LogP contribution in [-0.4, -0.2) is 29.8 Å². The zero-order valence-electron chi connectivity index (χ0n) is 16.5. The third kappa shape index (κ3) is 6.12. The Morgan fingerprint density at radius 1 is 0.889 bits per heavy atom. The largest absolute Gasteiger partial charge is 0.462 e. The minimum absolute atomic E-state index is 0.304. The van der Waals surface area contributed by atoms with Crippen LogP contribution in [0.15, 0.2) is 30.5 Å². The van der Waals surface area contributed by atoms with Crippen molar-refractivity contribution in [2.45, 2.75) is 65.2 Å². The van der Waals surface area contributed by atoms with E-state index in [2.05, 4.69) is 6.92 Å². The smallest absolute Gasteiger partial charge is 0.418 e. The molecule has 0 saturated heterocycles. The highest BCUT2D eigenvalue weighted by Crippen LogP contribution is 2.21. The van der Waals surface area contributed by atoms with Crippen LogP contribution in [0.2, 0.25) is 0 Å². The molecule has 0 unspecified atom stereocenters. The highest BCUT2D eigenvalue weighted by Gasteiger charge is 2.16. The lowest BCUT2D eigenvalue weighted by atomic mass is 10.1. The van der Waals surface area contributed by atoms with Gasteiger partial charge in [0.05, 0.1) is 24.3 Å². The number of hydrogen-bond acceptors (Lipinski definition) is 4. The molecule has 1 aromatic carbocycles. The van der Waals surface area contributed by atoms with Gasteiger partial charge in [0.1, 0.15) is 0 Å². The van der Waals surface area contributed by atoms with E-state index in [1.54, 1.807) is 37.4 Å². The molecule has 0 amide bonds. The second-order valence-corrected chi connectivity index (χ2v) is 6.73. The molecule has 148 valence electrons. The van der Waals surface area contributed by atoms with Gasteiger partial charge < -0.3 is 9.47 Å². The fraction of sp³-hybridized carbons (Fsp3) is 0.545. The summed E-state index contributed by atoms with van der Waals surface area (Å²) in [5.74, 6) is -0.342. The summed E-state index contributed by atoms with van der Waals surface area (Å²) in [5.41, 5.74) is 1.13. The van der Waals surface area contributed by atoms with E-state index in [4.69, 9.17) is 9.47 Å². The van der Waals surface area contributed by atoms with Gasteiger partial charge in [-0.3, -0.25) is 4.57 Å². The highest BCUT2D eigenvalue weighted by atomic mass is 16.5. The summed E-state index contributed by atoms with van der Waals surface area (Å²) in [7, 11) is 0. The number of fused-ring (bicyclic) bond motifs is 1. The lowest BCUT2D eigenvalue weighted by molar-refractivity contribution is 0.0500. The summed E-state index contributed by atoms with van der Waals surface area (Å²) in [5, 5.41) is 0.700. The molecule has 0 aliphatic carbocycles. The van der Waals surface area contributed by atoms with Crippen molar-refractivity contribution in [1.29, 1.82) is 0 Å². The van der Waals surface area contributed by atoms with Crippen LogP contribution in [0.1, 0.15) is 75.6 Å². The van der Waals surface area contributed by atoms with Crippen LogP contribution in [0.5, 0.6) is 0 Å². The van der Waals surface area contributed by atoms with Crippen molar-refractivity contribution in [3.63, 3.8) is 0 Å². The average molecular weight is 373 g/mol. The Hall–Kier alpha value is -2.30. The fourth-order valence-corrected chi connectivity index (χ4v) is 3.18. The summed E-state index contributed by atoms with van der Waals surface area (Å²) in [6, 6.07) is 7.03. The Bertz CT molecular complexity index is 735.